The molecule has 1 aromatic rings. The summed E-state index contributed by atoms with van der Waals surface area (Å²) in [4.78, 5) is 11.4. The molecule has 3 aliphatic rings. The molecule has 0 spiro atoms. The SMILES string of the molecule is COc1ccc2c(c1)CC[C@@H]1[C@@H]2CC[C@]2(COC(C)=O)[C@@H](O)CC[C@@H]12. The summed E-state index contributed by atoms with van der Waals surface area (Å²) in [7, 11) is 1.72. The van der Waals surface area contributed by atoms with Crippen LogP contribution in [0.4, 0.5) is 0 Å². The van der Waals surface area contributed by atoms with Crippen LogP contribution in [0.5, 0.6) is 5.75 Å². The summed E-state index contributed by atoms with van der Waals surface area (Å²) >= 11 is 0. The molecule has 1 aromatic carbocycles. The molecule has 0 amide bonds. The molecule has 136 valence electrons. The highest BCUT2D eigenvalue weighted by Gasteiger charge is 2.57. The molecular weight excluding hydrogens is 316 g/mol. The van der Waals surface area contributed by atoms with Gasteiger partial charge >= 0.3 is 5.97 Å². The highest BCUT2D eigenvalue weighted by Crippen LogP contribution is 2.61. The minimum atomic E-state index is -0.338. The number of aryl methyl sites for hydroxylation is 1. The molecule has 2 saturated carbocycles. The number of ether oxygens (including phenoxy) is 2. The molecule has 0 radical (unpaired) electrons. The van der Waals surface area contributed by atoms with Crippen LogP contribution in [0.3, 0.4) is 0 Å². The van der Waals surface area contributed by atoms with E-state index in [9.17, 15) is 9.90 Å². The fourth-order valence-corrected chi connectivity index (χ4v) is 5.98. The third-order valence-electron chi connectivity index (χ3n) is 7.15. The molecule has 0 bridgehead atoms. The molecule has 0 aromatic heterocycles. The summed E-state index contributed by atoms with van der Waals surface area (Å²) in [5.74, 6) is 2.30. The van der Waals surface area contributed by atoms with E-state index < -0.39 is 0 Å². The van der Waals surface area contributed by atoms with Crippen molar-refractivity contribution in [3.63, 3.8) is 0 Å². The third-order valence-corrected chi connectivity index (χ3v) is 7.15. The Hall–Kier alpha value is -1.55. The van der Waals surface area contributed by atoms with E-state index in [1.54, 1.807) is 7.11 Å². The average Bonchev–Trinajstić information content (AvgIpc) is 2.96. The van der Waals surface area contributed by atoms with Gasteiger partial charge in [-0.05, 0) is 79.5 Å². The van der Waals surface area contributed by atoms with Crippen LogP contribution in [-0.2, 0) is 16.0 Å². The van der Waals surface area contributed by atoms with Crippen molar-refractivity contribution in [3.8, 4) is 5.75 Å². The second kappa shape index (κ2) is 6.31. The molecule has 4 heteroatoms. The lowest BCUT2D eigenvalue weighted by atomic mass is 9.55. The van der Waals surface area contributed by atoms with Crippen molar-refractivity contribution in [1.29, 1.82) is 0 Å². The number of carbonyl (C=O) groups excluding carboxylic acids is 1. The van der Waals surface area contributed by atoms with Gasteiger partial charge in [-0.2, -0.15) is 0 Å². The van der Waals surface area contributed by atoms with Crippen molar-refractivity contribution in [2.24, 2.45) is 17.3 Å². The first-order chi connectivity index (χ1) is 12.0. The highest BCUT2D eigenvalue weighted by molar-refractivity contribution is 5.66. The van der Waals surface area contributed by atoms with E-state index in [-0.39, 0.29) is 17.5 Å². The molecule has 0 aliphatic heterocycles. The first-order valence-electron chi connectivity index (χ1n) is 9.53. The fraction of sp³-hybridized carbons (Fsp3) is 0.667. The van der Waals surface area contributed by atoms with Crippen molar-refractivity contribution in [1.82, 2.24) is 0 Å². The van der Waals surface area contributed by atoms with Crippen LogP contribution in [0.25, 0.3) is 0 Å². The second-order valence-corrected chi connectivity index (χ2v) is 8.13. The van der Waals surface area contributed by atoms with Gasteiger partial charge in [0.1, 0.15) is 5.75 Å². The number of aliphatic hydroxyl groups is 1. The van der Waals surface area contributed by atoms with E-state index in [1.807, 2.05) is 0 Å². The molecular formula is C21H28O4. The van der Waals surface area contributed by atoms with Crippen LogP contribution in [-0.4, -0.2) is 30.9 Å². The highest BCUT2D eigenvalue weighted by atomic mass is 16.5. The third kappa shape index (κ3) is 2.66. The molecule has 2 fully saturated rings. The summed E-state index contributed by atoms with van der Waals surface area (Å²) in [5, 5.41) is 10.7. The lowest BCUT2D eigenvalue weighted by molar-refractivity contribution is -0.152. The zero-order valence-corrected chi connectivity index (χ0v) is 15.2. The number of esters is 1. The molecule has 5 atom stereocenters. The summed E-state index contributed by atoms with van der Waals surface area (Å²) in [5.41, 5.74) is 2.67. The summed E-state index contributed by atoms with van der Waals surface area (Å²) in [6.45, 7) is 1.84. The average molecular weight is 344 g/mol. The second-order valence-electron chi connectivity index (χ2n) is 8.13. The lowest BCUT2D eigenvalue weighted by Gasteiger charge is -2.51. The zero-order chi connectivity index (χ0) is 17.6. The van der Waals surface area contributed by atoms with E-state index in [2.05, 4.69) is 18.2 Å². The maximum absolute atomic E-state index is 11.4. The van der Waals surface area contributed by atoms with Crippen LogP contribution < -0.4 is 4.74 Å². The number of carbonyl (C=O) groups is 1. The number of rotatable bonds is 3. The van der Waals surface area contributed by atoms with Gasteiger partial charge < -0.3 is 14.6 Å². The van der Waals surface area contributed by atoms with Crippen LogP contribution in [0.15, 0.2) is 18.2 Å². The van der Waals surface area contributed by atoms with Crippen LogP contribution in [0.2, 0.25) is 0 Å². The van der Waals surface area contributed by atoms with E-state index in [0.717, 1.165) is 44.3 Å². The predicted molar refractivity (Wildman–Crippen MR) is 94.6 cm³/mol. The molecule has 0 unspecified atom stereocenters. The van der Waals surface area contributed by atoms with E-state index in [0.29, 0.717) is 24.4 Å². The van der Waals surface area contributed by atoms with Gasteiger partial charge in [0.2, 0.25) is 0 Å². The van der Waals surface area contributed by atoms with Gasteiger partial charge in [0, 0.05) is 12.3 Å². The summed E-state index contributed by atoms with van der Waals surface area (Å²) in [6.07, 6.45) is 5.79. The van der Waals surface area contributed by atoms with Gasteiger partial charge in [-0.15, -0.1) is 0 Å². The quantitative estimate of drug-likeness (QED) is 0.853. The lowest BCUT2D eigenvalue weighted by Crippen LogP contribution is -2.48. The maximum atomic E-state index is 11.4. The number of fused-ring (bicyclic) bond motifs is 5. The Bertz CT molecular complexity index is 670. The normalized spacial score (nSPS) is 36.1. The largest absolute Gasteiger partial charge is 0.497 e. The van der Waals surface area contributed by atoms with Gasteiger partial charge in [-0.25, -0.2) is 0 Å². The molecule has 3 aliphatic carbocycles. The molecule has 0 heterocycles. The zero-order valence-electron chi connectivity index (χ0n) is 15.2. The number of aliphatic hydroxyl groups excluding tert-OH is 1. The maximum Gasteiger partial charge on any atom is 0.302 e. The topological polar surface area (TPSA) is 55.8 Å². The Labute approximate surface area is 149 Å². The van der Waals surface area contributed by atoms with Crippen LogP contribution in [0.1, 0.15) is 56.1 Å². The summed E-state index contributed by atoms with van der Waals surface area (Å²) in [6, 6.07) is 6.51. The van der Waals surface area contributed by atoms with Gasteiger partial charge in [-0.1, -0.05) is 6.07 Å². The van der Waals surface area contributed by atoms with Gasteiger partial charge in [-0.3, -0.25) is 4.79 Å². The van der Waals surface area contributed by atoms with E-state index in [1.165, 1.54) is 18.1 Å². The molecule has 4 rings (SSSR count). The standard InChI is InChI=1S/C21H28O4/c1-13(22)25-12-21-10-9-17-16-6-4-15(24-2)11-14(16)3-5-18(17)19(21)7-8-20(21)23/h4,6,11,17-20,23H,3,5,7-10,12H2,1-2H3/t17-,18-,19+,20+,21-/m1/s1. The van der Waals surface area contributed by atoms with Crippen molar-refractivity contribution < 1.29 is 19.4 Å². The van der Waals surface area contributed by atoms with Crippen molar-refractivity contribution in [3.05, 3.63) is 29.3 Å². The molecule has 1 N–H and O–H groups in total. The number of hydrogen-bond donors (Lipinski definition) is 1. The number of benzene rings is 1. The van der Waals surface area contributed by atoms with Crippen LogP contribution >= 0.6 is 0 Å². The molecule has 25 heavy (non-hydrogen) atoms. The minimum absolute atomic E-state index is 0.225. The first-order valence-corrected chi connectivity index (χ1v) is 9.53. The Morgan fingerprint density at radius 3 is 2.88 bits per heavy atom. The Morgan fingerprint density at radius 1 is 1.28 bits per heavy atom. The number of hydrogen-bond acceptors (Lipinski definition) is 4. The number of methoxy groups -OCH3 is 1. The Kier molecular flexibility index (Phi) is 4.27. The smallest absolute Gasteiger partial charge is 0.302 e. The predicted octanol–water partition coefficient (Wildman–Crippen LogP) is 3.46. The molecule has 0 saturated heterocycles. The van der Waals surface area contributed by atoms with Gasteiger partial charge in [0.15, 0.2) is 0 Å². The van der Waals surface area contributed by atoms with Crippen molar-refractivity contribution in [2.45, 2.75) is 57.5 Å². The Morgan fingerprint density at radius 2 is 2.12 bits per heavy atom. The van der Waals surface area contributed by atoms with Crippen molar-refractivity contribution >= 4 is 5.97 Å². The van der Waals surface area contributed by atoms with Gasteiger partial charge in [0.25, 0.3) is 0 Å². The van der Waals surface area contributed by atoms with Crippen molar-refractivity contribution in [2.75, 3.05) is 13.7 Å². The van der Waals surface area contributed by atoms with E-state index >= 15 is 0 Å². The fourth-order valence-electron chi connectivity index (χ4n) is 5.98. The van der Waals surface area contributed by atoms with Crippen LogP contribution in [0, 0.1) is 17.3 Å². The van der Waals surface area contributed by atoms with E-state index in [4.69, 9.17) is 9.47 Å². The first kappa shape index (κ1) is 16.9. The van der Waals surface area contributed by atoms with Gasteiger partial charge in [0.05, 0.1) is 19.8 Å². The molecule has 4 nitrogen and oxygen atoms in total. The minimum Gasteiger partial charge on any atom is -0.497 e. The Balaban J connectivity index is 1.63. The summed E-state index contributed by atoms with van der Waals surface area (Å²) < 4.78 is 10.8. The monoisotopic (exact) mass is 344 g/mol.